The van der Waals surface area contributed by atoms with Crippen molar-refractivity contribution in [3.8, 4) is 11.5 Å². The molecule has 166 valence electrons. The number of hydrogen-bond acceptors (Lipinski definition) is 5. The fourth-order valence-electron chi connectivity index (χ4n) is 4.79. The van der Waals surface area contributed by atoms with E-state index < -0.39 is 0 Å². The quantitative estimate of drug-likeness (QED) is 0.690. The summed E-state index contributed by atoms with van der Waals surface area (Å²) < 4.78 is 11.6. The van der Waals surface area contributed by atoms with Crippen molar-refractivity contribution < 1.29 is 23.9 Å². The van der Waals surface area contributed by atoms with Gasteiger partial charge in [0.2, 0.25) is 5.91 Å². The van der Waals surface area contributed by atoms with E-state index in [2.05, 4.69) is 6.07 Å². The van der Waals surface area contributed by atoms with Crippen LogP contribution in [0.3, 0.4) is 0 Å². The van der Waals surface area contributed by atoms with Crippen molar-refractivity contribution in [3.63, 3.8) is 0 Å². The maximum absolute atomic E-state index is 13.0. The highest BCUT2D eigenvalue weighted by molar-refractivity contribution is 6.21. The third kappa shape index (κ3) is 3.51. The van der Waals surface area contributed by atoms with Crippen molar-refractivity contribution in [2.24, 2.45) is 0 Å². The van der Waals surface area contributed by atoms with Gasteiger partial charge in [0.25, 0.3) is 11.8 Å². The van der Waals surface area contributed by atoms with E-state index in [1.165, 1.54) is 10.5 Å². The maximum atomic E-state index is 13.0. The summed E-state index contributed by atoms with van der Waals surface area (Å²) in [5.41, 5.74) is 3.16. The van der Waals surface area contributed by atoms with Crippen LogP contribution in [-0.4, -0.2) is 53.8 Å². The second-order valence-corrected chi connectivity index (χ2v) is 8.47. The molecular formula is C25H26N2O5. The molecule has 0 aliphatic carbocycles. The Bertz CT molecular complexity index is 1060. The van der Waals surface area contributed by atoms with Gasteiger partial charge in [0.15, 0.2) is 11.5 Å². The van der Waals surface area contributed by atoms with Crippen LogP contribution in [0.1, 0.15) is 64.1 Å². The molecule has 32 heavy (non-hydrogen) atoms. The highest BCUT2D eigenvalue weighted by atomic mass is 16.5. The third-order valence-electron chi connectivity index (χ3n) is 6.52. The molecule has 0 aromatic heterocycles. The van der Waals surface area contributed by atoms with E-state index in [0.717, 1.165) is 29.9 Å². The van der Waals surface area contributed by atoms with Gasteiger partial charge in [0.1, 0.15) is 0 Å². The lowest BCUT2D eigenvalue weighted by atomic mass is 9.92. The van der Waals surface area contributed by atoms with Gasteiger partial charge in [-0.2, -0.15) is 0 Å². The van der Waals surface area contributed by atoms with Gasteiger partial charge in [0, 0.05) is 25.9 Å². The van der Waals surface area contributed by atoms with Gasteiger partial charge in [-0.05, 0) is 55.2 Å². The molecule has 1 atom stereocenters. The summed E-state index contributed by atoms with van der Waals surface area (Å²) in [6.45, 7) is 4.19. The Morgan fingerprint density at radius 3 is 2.38 bits per heavy atom. The summed E-state index contributed by atoms with van der Waals surface area (Å²) in [7, 11) is 0. The molecule has 0 radical (unpaired) electrons. The summed E-state index contributed by atoms with van der Waals surface area (Å²) in [4.78, 5) is 41.1. The van der Waals surface area contributed by atoms with Crippen LogP contribution in [0, 0.1) is 0 Å². The average molecular weight is 434 g/mol. The zero-order chi connectivity index (χ0) is 22.2. The van der Waals surface area contributed by atoms with Gasteiger partial charge in [-0.3, -0.25) is 19.3 Å². The van der Waals surface area contributed by atoms with Gasteiger partial charge >= 0.3 is 0 Å². The molecular weight excluding hydrogens is 408 g/mol. The first-order valence-electron chi connectivity index (χ1n) is 11.2. The summed E-state index contributed by atoms with van der Waals surface area (Å²) >= 11 is 0. The first-order chi connectivity index (χ1) is 15.5. The normalized spacial score (nSPS) is 19.5. The van der Waals surface area contributed by atoms with E-state index >= 15 is 0 Å². The first-order valence-corrected chi connectivity index (χ1v) is 11.2. The molecule has 5 rings (SSSR count). The molecule has 0 saturated heterocycles. The first kappa shape index (κ1) is 20.5. The predicted octanol–water partition coefficient (Wildman–Crippen LogP) is 3.37. The second kappa shape index (κ2) is 8.30. The molecule has 0 bridgehead atoms. The highest BCUT2D eigenvalue weighted by Gasteiger charge is 2.35. The molecule has 0 spiro atoms. The molecule has 2 aromatic rings. The minimum atomic E-state index is -0.277. The maximum Gasteiger partial charge on any atom is 0.261 e. The summed E-state index contributed by atoms with van der Waals surface area (Å²) in [6.07, 6.45) is 2.35. The Morgan fingerprint density at radius 2 is 1.69 bits per heavy atom. The number of imide groups is 1. The lowest BCUT2D eigenvalue weighted by Gasteiger charge is -2.36. The molecule has 2 aromatic carbocycles. The molecule has 3 heterocycles. The van der Waals surface area contributed by atoms with E-state index in [0.29, 0.717) is 37.3 Å². The van der Waals surface area contributed by atoms with Crippen molar-refractivity contribution in [3.05, 3.63) is 58.7 Å². The lowest BCUT2D eigenvalue weighted by Crippen LogP contribution is -2.39. The molecule has 3 amide bonds. The van der Waals surface area contributed by atoms with Crippen LogP contribution in [0.4, 0.5) is 0 Å². The van der Waals surface area contributed by atoms with Crippen molar-refractivity contribution in [1.82, 2.24) is 9.80 Å². The SMILES string of the molecule is C[C@H]1c2cc3c(cc2CCN1C(=O)CCCN1C(=O)c2ccccc2C1=O)OCCCO3. The molecule has 0 saturated carbocycles. The number of rotatable bonds is 4. The Balaban J connectivity index is 1.22. The number of carbonyl (C=O) groups is 3. The predicted molar refractivity (Wildman–Crippen MR) is 117 cm³/mol. The molecule has 3 aliphatic rings. The smallest absolute Gasteiger partial charge is 0.261 e. The van der Waals surface area contributed by atoms with Gasteiger partial charge < -0.3 is 14.4 Å². The zero-order valence-corrected chi connectivity index (χ0v) is 18.1. The van der Waals surface area contributed by atoms with Crippen molar-refractivity contribution in [2.45, 2.75) is 38.6 Å². The van der Waals surface area contributed by atoms with Crippen molar-refractivity contribution >= 4 is 17.7 Å². The fourth-order valence-corrected chi connectivity index (χ4v) is 4.79. The standard InChI is InChI=1S/C25H26N2O5/c1-16-20-15-22-21(31-12-5-13-32-22)14-17(20)9-11-26(16)23(28)8-4-10-27-24(29)18-6-2-3-7-19(18)25(27)30/h2-3,6-7,14-16H,4-5,8-13H2,1H3/t16-/m0/s1. The van der Waals surface area contributed by atoms with Gasteiger partial charge in [0.05, 0.1) is 30.4 Å². The van der Waals surface area contributed by atoms with Crippen LogP contribution < -0.4 is 9.47 Å². The number of hydrogen-bond donors (Lipinski definition) is 0. The van der Waals surface area contributed by atoms with Crippen LogP contribution in [-0.2, 0) is 11.2 Å². The Kier molecular flexibility index (Phi) is 5.33. The van der Waals surface area contributed by atoms with E-state index in [1.807, 2.05) is 17.9 Å². The summed E-state index contributed by atoms with van der Waals surface area (Å²) in [5, 5.41) is 0. The Labute approximate surface area is 186 Å². The molecule has 3 aliphatic heterocycles. The number of carbonyl (C=O) groups excluding carboxylic acids is 3. The highest BCUT2D eigenvalue weighted by Crippen LogP contribution is 2.39. The summed E-state index contributed by atoms with van der Waals surface area (Å²) in [6, 6.07) is 10.8. The molecule has 0 fully saturated rings. The number of ether oxygens (including phenoxy) is 2. The molecule has 7 heteroatoms. The number of benzene rings is 2. The topological polar surface area (TPSA) is 76.2 Å². The van der Waals surface area contributed by atoms with E-state index in [4.69, 9.17) is 9.47 Å². The minimum Gasteiger partial charge on any atom is -0.490 e. The van der Waals surface area contributed by atoms with Crippen molar-refractivity contribution in [2.75, 3.05) is 26.3 Å². The van der Waals surface area contributed by atoms with E-state index in [-0.39, 0.29) is 36.7 Å². The monoisotopic (exact) mass is 434 g/mol. The molecule has 7 nitrogen and oxygen atoms in total. The number of nitrogens with zero attached hydrogens (tertiary/aromatic N) is 2. The van der Waals surface area contributed by atoms with Crippen LogP contribution in [0.2, 0.25) is 0 Å². The van der Waals surface area contributed by atoms with Gasteiger partial charge in [-0.25, -0.2) is 0 Å². The lowest BCUT2D eigenvalue weighted by molar-refractivity contribution is -0.133. The number of amides is 3. The Hall–Kier alpha value is -3.35. The second-order valence-electron chi connectivity index (χ2n) is 8.47. The number of fused-ring (bicyclic) bond motifs is 3. The van der Waals surface area contributed by atoms with Gasteiger partial charge in [-0.15, -0.1) is 0 Å². The van der Waals surface area contributed by atoms with E-state index in [9.17, 15) is 14.4 Å². The van der Waals surface area contributed by atoms with Crippen molar-refractivity contribution in [1.29, 1.82) is 0 Å². The average Bonchev–Trinajstić information content (AvgIpc) is 2.95. The van der Waals surface area contributed by atoms with Crippen LogP contribution in [0.5, 0.6) is 11.5 Å². The van der Waals surface area contributed by atoms with Gasteiger partial charge in [-0.1, -0.05) is 12.1 Å². The summed E-state index contributed by atoms with van der Waals surface area (Å²) in [5.74, 6) is 1.01. The van der Waals surface area contributed by atoms with Crippen LogP contribution in [0.15, 0.2) is 36.4 Å². The van der Waals surface area contributed by atoms with E-state index in [1.54, 1.807) is 24.3 Å². The largest absolute Gasteiger partial charge is 0.490 e. The molecule has 0 N–H and O–H groups in total. The van der Waals surface area contributed by atoms with Crippen LogP contribution >= 0.6 is 0 Å². The van der Waals surface area contributed by atoms with Crippen LogP contribution in [0.25, 0.3) is 0 Å². The third-order valence-corrected chi connectivity index (χ3v) is 6.52. The fraction of sp³-hybridized carbons (Fsp3) is 0.400. The minimum absolute atomic E-state index is 0.0341. The molecule has 0 unspecified atom stereocenters. The Morgan fingerprint density at radius 1 is 1.03 bits per heavy atom. The zero-order valence-electron chi connectivity index (χ0n) is 18.1.